The molecular formula is C11H15N5. The molecule has 2 aromatic heterocycles. The zero-order valence-electron chi connectivity index (χ0n) is 9.68. The van der Waals surface area contributed by atoms with E-state index >= 15 is 0 Å². The number of pyridine rings is 1. The number of hydrogen-bond donors (Lipinski definition) is 1. The van der Waals surface area contributed by atoms with E-state index in [0.717, 1.165) is 22.6 Å². The smallest absolute Gasteiger partial charge is 0.0797 e. The first-order valence-electron chi connectivity index (χ1n) is 5.14. The Kier molecular flexibility index (Phi) is 2.70. The van der Waals surface area contributed by atoms with Gasteiger partial charge >= 0.3 is 0 Å². The van der Waals surface area contributed by atoms with Gasteiger partial charge in [-0.3, -0.25) is 9.67 Å². The summed E-state index contributed by atoms with van der Waals surface area (Å²) in [7, 11) is 1.83. The van der Waals surface area contributed by atoms with E-state index in [-0.39, 0.29) is 6.04 Å². The van der Waals surface area contributed by atoms with Gasteiger partial charge in [0.1, 0.15) is 0 Å². The molecule has 0 aliphatic carbocycles. The monoisotopic (exact) mass is 217 g/mol. The van der Waals surface area contributed by atoms with Crippen molar-refractivity contribution in [3.63, 3.8) is 0 Å². The number of nitrogens with zero attached hydrogens (tertiary/aromatic N) is 4. The summed E-state index contributed by atoms with van der Waals surface area (Å²) in [4.78, 5) is 4.40. The third kappa shape index (κ3) is 1.81. The van der Waals surface area contributed by atoms with Gasteiger partial charge in [-0.25, -0.2) is 0 Å². The van der Waals surface area contributed by atoms with Crippen molar-refractivity contribution in [1.29, 1.82) is 0 Å². The summed E-state index contributed by atoms with van der Waals surface area (Å²) in [5.41, 5.74) is 10.0. The van der Waals surface area contributed by atoms with E-state index in [1.807, 2.05) is 33.0 Å². The Labute approximate surface area is 94.3 Å². The molecule has 0 aromatic carbocycles. The number of nitrogens with two attached hydrogens (primary N) is 1. The fourth-order valence-corrected chi connectivity index (χ4v) is 1.76. The van der Waals surface area contributed by atoms with Crippen molar-refractivity contribution in [2.45, 2.75) is 19.9 Å². The molecule has 0 aliphatic heterocycles. The second-order valence-electron chi connectivity index (χ2n) is 3.89. The average molecular weight is 217 g/mol. The first-order valence-corrected chi connectivity index (χ1v) is 5.14. The van der Waals surface area contributed by atoms with Crippen LogP contribution in [0.4, 0.5) is 0 Å². The maximum Gasteiger partial charge on any atom is 0.0797 e. The van der Waals surface area contributed by atoms with Crippen molar-refractivity contribution in [1.82, 2.24) is 20.0 Å². The fourth-order valence-electron chi connectivity index (χ4n) is 1.76. The Bertz CT molecular complexity index is 503. The van der Waals surface area contributed by atoms with Crippen LogP contribution in [0.2, 0.25) is 0 Å². The van der Waals surface area contributed by atoms with Crippen molar-refractivity contribution in [3.8, 4) is 0 Å². The molecule has 0 amide bonds. The quantitative estimate of drug-likeness (QED) is 0.810. The van der Waals surface area contributed by atoms with Gasteiger partial charge in [0.15, 0.2) is 0 Å². The molecule has 0 saturated carbocycles. The minimum Gasteiger partial charge on any atom is -0.319 e. The van der Waals surface area contributed by atoms with E-state index in [1.54, 1.807) is 10.9 Å². The van der Waals surface area contributed by atoms with E-state index in [0.29, 0.717) is 0 Å². The van der Waals surface area contributed by atoms with Gasteiger partial charge in [-0.2, -0.15) is 0 Å². The minimum absolute atomic E-state index is 0.229. The van der Waals surface area contributed by atoms with Gasteiger partial charge < -0.3 is 5.73 Å². The molecule has 2 rings (SSSR count). The molecule has 0 fully saturated rings. The first kappa shape index (κ1) is 10.8. The molecular weight excluding hydrogens is 202 g/mol. The lowest BCUT2D eigenvalue weighted by atomic mass is 10.0. The summed E-state index contributed by atoms with van der Waals surface area (Å²) in [6.07, 6.45) is 1.68. The van der Waals surface area contributed by atoms with Gasteiger partial charge in [0, 0.05) is 18.4 Å². The standard InChI is InChI=1S/C11H15N5/c1-7-4-5-9(8(2)14-7)11(12)10-6-13-15-16(10)3/h4-6,11H,12H2,1-3H3. The zero-order valence-corrected chi connectivity index (χ0v) is 9.68. The molecule has 2 N–H and O–H groups in total. The summed E-state index contributed by atoms with van der Waals surface area (Å²) in [6.45, 7) is 3.93. The molecule has 0 spiro atoms. The molecule has 0 bridgehead atoms. The van der Waals surface area contributed by atoms with E-state index in [4.69, 9.17) is 5.73 Å². The lowest BCUT2D eigenvalue weighted by Gasteiger charge is -2.14. The topological polar surface area (TPSA) is 69.6 Å². The van der Waals surface area contributed by atoms with Crippen LogP contribution in [0.25, 0.3) is 0 Å². The number of hydrogen-bond acceptors (Lipinski definition) is 4. The van der Waals surface area contributed by atoms with Crippen molar-refractivity contribution in [2.24, 2.45) is 12.8 Å². The third-order valence-electron chi connectivity index (χ3n) is 2.67. The second-order valence-corrected chi connectivity index (χ2v) is 3.89. The van der Waals surface area contributed by atoms with Gasteiger partial charge in [0.05, 0.1) is 17.9 Å². The van der Waals surface area contributed by atoms with Crippen LogP contribution in [-0.2, 0) is 7.05 Å². The molecule has 1 atom stereocenters. The Balaban J connectivity index is 2.41. The summed E-state index contributed by atoms with van der Waals surface area (Å²) >= 11 is 0. The first-order chi connectivity index (χ1) is 7.59. The molecule has 2 aromatic rings. The Hall–Kier alpha value is -1.75. The SMILES string of the molecule is Cc1ccc(C(N)c2cnnn2C)c(C)n1. The van der Waals surface area contributed by atoms with Gasteiger partial charge in [-0.05, 0) is 25.5 Å². The predicted molar refractivity (Wildman–Crippen MR) is 60.7 cm³/mol. The van der Waals surface area contributed by atoms with Gasteiger partial charge in [0.2, 0.25) is 0 Å². The van der Waals surface area contributed by atoms with Crippen molar-refractivity contribution >= 4 is 0 Å². The number of aryl methyl sites for hydroxylation is 3. The number of aromatic nitrogens is 4. The van der Waals surface area contributed by atoms with E-state index < -0.39 is 0 Å². The van der Waals surface area contributed by atoms with E-state index in [9.17, 15) is 0 Å². The highest BCUT2D eigenvalue weighted by Crippen LogP contribution is 2.20. The Morgan fingerprint density at radius 1 is 1.31 bits per heavy atom. The van der Waals surface area contributed by atoms with Crippen molar-refractivity contribution in [2.75, 3.05) is 0 Å². The van der Waals surface area contributed by atoms with Crippen LogP contribution in [0.5, 0.6) is 0 Å². The molecule has 5 heteroatoms. The second kappa shape index (κ2) is 4.02. The lowest BCUT2D eigenvalue weighted by molar-refractivity contribution is 0.648. The van der Waals surface area contributed by atoms with Gasteiger partial charge in [-0.15, -0.1) is 5.10 Å². The number of rotatable bonds is 2. The molecule has 2 heterocycles. The van der Waals surface area contributed by atoms with E-state index in [1.165, 1.54) is 0 Å². The molecule has 0 aliphatic rings. The highest BCUT2D eigenvalue weighted by molar-refractivity contribution is 5.30. The van der Waals surface area contributed by atoms with Crippen LogP contribution < -0.4 is 5.73 Å². The van der Waals surface area contributed by atoms with Gasteiger partial charge in [0.25, 0.3) is 0 Å². The molecule has 0 saturated heterocycles. The van der Waals surface area contributed by atoms with Crippen LogP contribution in [-0.4, -0.2) is 20.0 Å². The average Bonchev–Trinajstić information content (AvgIpc) is 2.63. The summed E-state index contributed by atoms with van der Waals surface area (Å²) < 4.78 is 1.68. The Morgan fingerprint density at radius 2 is 2.06 bits per heavy atom. The lowest BCUT2D eigenvalue weighted by Crippen LogP contribution is -2.17. The van der Waals surface area contributed by atoms with Gasteiger partial charge in [-0.1, -0.05) is 11.3 Å². The fraction of sp³-hybridized carbons (Fsp3) is 0.364. The molecule has 0 radical (unpaired) electrons. The van der Waals surface area contributed by atoms with Crippen LogP contribution in [0.15, 0.2) is 18.3 Å². The van der Waals surface area contributed by atoms with Crippen molar-refractivity contribution in [3.05, 3.63) is 41.0 Å². The van der Waals surface area contributed by atoms with Crippen LogP contribution in [0, 0.1) is 13.8 Å². The Morgan fingerprint density at radius 3 is 2.62 bits per heavy atom. The predicted octanol–water partition coefficient (Wildman–Crippen LogP) is 0.875. The van der Waals surface area contributed by atoms with Crippen LogP contribution in [0.3, 0.4) is 0 Å². The van der Waals surface area contributed by atoms with E-state index in [2.05, 4.69) is 15.3 Å². The highest BCUT2D eigenvalue weighted by Gasteiger charge is 2.15. The molecule has 5 nitrogen and oxygen atoms in total. The summed E-state index contributed by atoms with van der Waals surface area (Å²) in [6, 6.07) is 3.74. The molecule has 84 valence electrons. The largest absolute Gasteiger partial charge is 0.319 e. The minimum atomic E-state index is -0.229. The molecule has 16 heavy (non-hydrogen) atoms. The van der Waals surface area contributed by atoms with Crippen LogP contribution >= 0.6 is 0 Å². The zero-order chi connectivity index (χ0) is 11.7. The summed E-state index contributed by atoms with van der Waals surface area (Å²) in [5, 5.41) is 7.70. The van der Waals surface area contributed by atoms with Crippen molar-refractivity contribution < 1.29 is 0 Å². The normalized spacial score (nSPS) is 12.8. The third-order valence-corrected chi connectivity index (χ3v) is 2.67. The maximum absolute atomic E-state index is 6.17. The highest BCUT2D eigenvalue weighted by atomic mass is 15.4. The van der Waals surface area contributed by atoms with Crippen LogP contribution in [0.1, 0.15) is 28.7 Å². The molecule has 1 unspecified atom stereocenters. The maximum atomic E-state index is 6.17. The summed E-state index contributed by atoms with van der Waals surface area (Å²) in [5.74, 6) is 0.